The van der Waals surface area contributed by atoms with Gasteiger partial charge in [-0.1, -0.05) is 12.1 Å². The Hall–Kier alpha value is -1.97. The number of benzene rings is 1. The van der Waals surface area contributed by atoms with Gasteiger partial charge < -0.3 is 16.8 Å². The first-order valence-electron chi connectivity index (χ1n) is 4.37. The maximum Gasteiger partial charge on any atom is 0.0886 e. The highest BCUT2D eigenvalue weighted by molar-refractivity contribution is 5.77. The summed E-state index contributed by atoms with van der Waals surface area (Å²) in [6.45, 7) is 0. The summed E-state index contributed by atoms with van der Waals surface area (Å²) in [5, 5.41) is 3.14. The molecule has 0 saturated carbocycles. The summed E-state index contributed by atoms with van der Waals surface area (Å²) in [6, 6.07) is 5.63. The van der Waals surface area contributed by atoms with Gasteiger partial charge in [0.25, 0.3) is 0 Å². The van der Waals surface area contributed by atoms with E-state index >= 15 is 0 Å². The molecule has 0 bridgehead atoms. The number of nitrogens with zero attached hydrogens (tertiary/aromatic N) is 1. The lowest BCUT2D eigenvalue weighted by Gasteiger charge is -2.17. The molecule has 1 aliphatic heterocycles. The highest BCUT2D eigenvalue weighted by atomic mass is 14.9. The molecule has 0 saturated heterocycles. The molecule has 1 aliphatic rings. The molecule has 2 rings (SSSR count). The van der Waals surface area contributed by atoms with Gasteiger partial charge in [-0.05, 0) is 6.07 Å². The number of hydrogen-bond acceptors (Lipinski definition) is 4. The van der Waals surface area contributed by atoms with Crippen LogP contribution in [0.5, 0.6) is 0 Å². The van der Waals surface area contributed by atoms with Crippen LogP contribution in [0.1, 0.15) is 11.6 Å². The second-order valence-corrected chi connectivity index (χ2v) is 3.11. The maximum absolute atomic E-state index is 5.86. The molecule has 72 valence electrons. The number of anilines is 2. The normalized spacial score (nSPS) is 19.3. The standard InChI is InChI=1S/C10H12N4/c11-8-3-1-2-7(10(8)12)9-6-13-4-5-14-9/h1-6,9,14H,11-12H2. The molecule has 0 fully saturated rings. The Labute approximate surface area is 82.3 Å². The SMILES string of the molecule is Nc1cccc(C2C=NC=CN2)c1N. The quantitative estimate of drug-likeness (QED) is 0.576. The van der Waals surface area contributed by atoms with Crippen LogP contribution in [0.2, 0.25) is 0 Å². The molecule has 0 amide bonds. The summed E-state index contributed by atoms with van der Waals surface area (Å²) in [5.41, 5.74) is 13.8. The summed E-state index contributed by atoms with van der Waals surface area (Å²) >= 11 is 0. The third-order valence-corrected chi connectivity index (χ3v) is 2.18. The average molecular weight is 188 g/mol. The van der Waals surface area contributed by atoms with Crippen molar-refractivity contribution in [2.24, 2.45) is 4.99 Å². The summed E-state index contributed by atoms with van der Waals surface area (Å²) in [4.78, 5) is 4.04. The van der Waals surface area contributed by atoms with E-state index in [0.717, 1.165) is 5.56 Å². The van der Waals surface area contributed by atoms with Crippen LogP contribution in [0.25, 0.3) is 0 Å². The van der Waals surface area contributed by atoms with Gasteiger partial charge in [-0.15, -0.1) is 0 Å². The molecule has 1 unspecified atom stereocenters. The van der Waals surface area contributed by atoms with E-state index in [9.17, 15) is 0 Å². The van der Waals surface area contributed by atoms with E-state index in [0.29, 0.717) is 11.4 Å². The average Bonchev–Trinajstić information content (AvgIpc) is 2.23. The van der Waals surface area contributed by atoms with Crippen LogP contribution in [0.15, 0.2) is 35.6 Å². The predicted molar refractivity (Wildman–Crippen MR) is 58.8 cm³/mol. The Kier molecular flexibility index (Phi) is 2.10. The highest BCUT2D eigenvalue weighted by Crippen LogP contribution is 2.25. The number of aliphatic imine (C=N–C) groups is 1. The Balaban J connectivity index is 2.36. The Bertz CT molecular complexity index is 395. The number of nitrogens with two attached hydrogens (primary N) is 2. The molecule has 0 radical (unpaired) electrons. The fourth-order valence-electron chi connectivity index (χ4n) is 1.41. The molecule has 0 aromatic heterocycles. The van der Waals surface area contributed by atoms with Crippen molar-refractivity contribution in [2.45, 2.75) is 6.04 Å². The molecule has 5 N–H and O–H groups in total. The minimum Gasteiger partial charge on any atom is -0.397 e. The first-order chi connectivity index (χ1) is 6.79. The molecule has 1 aromatic rings. The van der Waals surface area contributed by atoms with E-state index in [1.807, 2.05) is 12.1 Å². The summed E-state index contributed by atoms with van der Waals surface area (Å²) in [7, 11) is 0. The lowest BCUT2D eigenvalue weighted by Crippen LogP contribution is -2.20. The van der Waals surface area contributed by atoms with Crippen LogP contribution in [-0.2, 0) is 0 Å². The van der Waals surface area contributed by atoms with Gasteiger partial charge in [0.15, 0.2) is 0 Å². The van der Waals surface area contributed by atoms with Gasteiger partial charge in [0, 0.05) is 24.2 Å². The Morgan fingerprint density at radius 1 is 1.29 bits per heavy atom. The number of para-hydroxylation sites is 1. The Morgan fingerprint density at radius 3 is 2.86 bits per heavy atom. The number of nitrogens with one attached hydrogen (secondary N) is 1. The van der Waals surface area contributed by atoms with Crippen LogP contribution < -0.4 is 16.8 Å². The zero-order valence-electron chi connectivity index (χ0n) is 7.64. The van der Waals surface area contributed by atoms with Crippen molar-refractivity contribution in [2.75, 3.05) is 11.5 Å². The molecule has 4 heteroatoms. The van der Waals surface area contributed by atoms with E-state index in [4.69, 9.17) is 11.5 Å². The molecule has 4 nitrogen and oxygen atoms in total. The summed E-state index contributed by atoms with van der Waals surface area (Å²) < 4.78 is 0. The molecule has 1 aromatic carbocycles. The smallest absolute Gasteiger partial charge is 0.0886 e. The predicted octanol–water partition coefficient (Wildman–Crippen LogP) is 1.04. The van der Waals surface area contributed by atoms with E-state index in [1.165, 1.54) is 0 Å². The van der Waals surface area contributed by atoms with E-state index in [1.54, 1.807) is 24.7 Å². The fourth-order valence-corrected chi connectivity index (χ4v) is 1.41. The zero-order valence-corrected chi connectivity index (χ0v) is 7.64. The Morgan fingerprint density at radius 2 is 2.14 bits per heavy atom. The van der Waals surface area contributed by atoms with Gasteiger partial charge in [-0.25, -0.2) is 0 Å². The second-order valence-electron chi connectivity index (χ2n) is 3.11. The van der Waals surface area contributed by atoms with E-state index < -0.39 is 0 Å². The van der Waals surface area contributed by atoms with Crippen molar-refractivity contribution in [3.63, 3.8) is 0 Å². The van der Waals surface area contributed by atoms with Gasteiger partial charge in [-0.3, -0.25) is 4.99 Å². The van der Waals surface area contributed by atoms with E-state index in [-0.39, 0.29) is 6.04 Å². The van der Waals surface area contributed by atoms with Crippen LogP contribution >= 0.6 is 0 Å². The van der Waals surface area contributed by atoms with Crippen molar-refractivity contribution in [3.8, 4) is 0 Å². The van der Waals surface area contributed by atoms with Gasteiger partial charge in [0.1, 0.15) is 0 Å². The number of nitrogen functional groups attached to an aromatic ring is 2. The van der Waals surface area contributed by atoms with E-state index in [2.05, 4.69) is 10.3 Å². The van der Waals surface area contributed by atoms with Crippen molar-refractivity contribution in [1.29, 1.82) is 0 Å². The lowest BCUT2D eigenvalue weighted by atomic mass is 10.0. The van der Waals surface area contributed by atoms with Gasteiger partial charge in [-0.2, -0.15) is 0 Å². The molecular formula is C10H12N4. The largest absolute Gasteiger partial charge is 0.397 e. The monoisotopic (exact) mass is 188 g/mol. The second kappa shape index (κ2) is 3.41. The first kappa shape index (κ1) is 8.62. The molecule has 1 atom stereocenters. The third-order valence-electron chi connectivity index (χ3n) is 2.18. The molecule has 14 heavy (non-hydrogen) atoms. The minimum absolute atomic E-state index is 0.0171. The fraction of sp³-hybridized carbons (Fsp3) is 0.100. The van der Waals surface area contributed by atoms with Crippen LogP contribution in [0.4, 0.5) is 11.4 Å². The number of rotatable bonds is 1. The van der Waals surface area contributed by atoms with Crippen molar-refractivity contribution >= 4 is 17.6 Å². The van der Waals surface area contributed by atoms with Crippen LogP contribution in [0, 0.1) is 0 Å². The first-order valence-corrected chi connectivity index (χ1v) is 4.37. The highest BCUT2D eigenvalue weighted by Gasteiger charge is 2.12. The van der Waals surface area contributed by atoms with Crippen LogP contribution in [-0.4, -0.2) is 6.21 Å². The van der Waals surface area contributed by atoms with Gasteiger partial charge in [0.2, 0.25) is 0 Å². The lowest BCUT2D eigenvalue weighted by molar-refractivity contribution is 0.796. The van der Waals surface area contributed by atoms with Gasteiger partial charge >= 0.3 is 0 Å². The maximum atomic E-state index is 5.86. The van der Waals surface area contributed by atoms with Gasteiger partial charge in [0.05, 0.1) is 17.4 Å². The topological polar surface area (TPSA) is 76.4 Å². The third kappa shape index (κ3) is 1.42. The molecule has 0 spiro atoms. The van der Waals surface area contributed by atoms with Crippen LogP contribution in [0.3, 0.4) is 0 Å². The summed E-state index contributed by atoms with van der Waals surface area (Å²) in [6.07, 6.45) is 5.28. The number of hydrogen-bond donors (Lipinski definition) is 3. The molecule has 0 aliphatic carbocycles. The van der Waals surface area contributed by atoms with Crippen molar-refractivity contribution in [1.82, 2.24) is 5.32 Å². The summed E-state index contributed by atoms with van der Waals surface area (Å²) in [5.74, 6) is 0. The minimum atomic E-state index is 0.0171. The van der Waals surface area contributed by atoms with Crippen molar-refractivity contribution < 1.29 is 0 Å². The molecule has 1 heterocycles. The van der Waals surface area contributed by atoms with Crippen molar-refractivity contribution in [3.05, 3.63) is 36.2 Å². The zero-order chi connectivity index (χ0) is 9.97. The molecular weight excluding hydrogens is 176 g/mol.